The Kier molecular flexibility index (Phi) is 4.15. The summed E-state index contributed by atoms with van der Waals surface area (Å²) in [6.07, 6.45) is 0. The van der Waals surface area contributed by atoms with Crippen molar-refractivity contribution < 1.29 is 4.79 Å². The van der Waals surface area contributed by atoms with Crippen molar-refractivity contribution in [1.29, 1.82) is 0 Å². The molecule has 0 bridgehead atoms. The number of carbonyl (C=O) groups excluding carboxylic acids is 1. The lowest BCUT2D eigenvalue weighted by Gasteiger charge is -2.06. The third-order valence-electron chi connectivity index (χ3n) is 3.91. The molecule has 0 atom stereocenters. The summed E-state index contributed by atoms with van der Waals surface area (Å²) in [5.74, 6) is -0.0758. The highest BCUT2D eigenvalue weighted by Crippen LogP contribution is 2.21. The number of amides is 1. The topological polar surface area (TPSA) is 46.9 Å². The first-order valence-electron chi connectivity index (χ1n) is 7.87. The molecular weight excluding hydrogens is 286 g/mol. The first kappa shape index (κ1) is 15.3. The van der Waals surface area contributed by atoms with Crippen LogP contribution in [0.15, 0.2) is 48.5 Å². The van der Waals surface area contributed by atoms with Crippen LogP contribution in [0.5, 0.6) is 0 Å². The highest BCUT2D eigenvalue weighted by Gasteiger charge is 2.13. The van der Waals surface area contributed by atoms with Gasteiger partial charge >= 0.3 is 0 Å². The maximum atomic E-state index is 12.3. The minimum Gasteiger partial charge on any atom is -0.346 e. The van der Waals surface area contributed by atoms with Gasteiger partial charge in [0.1, 0.15) is 0 Å². The molecule has 0 unspecified atom stereocenters. The lowest BCUT2D eigenvalue weighted by molar-refractivity contribution is 0.0950. The van der Waals surface area contributed by atoms with E-state index >= 15 is 0 Å². The molecular formula is C19H21N3O. The summed E-state index contributed by atoms with van der Waals surface area (Å²) >= 11 is 0. The lowest BCUT2D eigenvalue weighted by atomic mass is 10.1. The van der Waals surface area contributed by atoms with Gasteiger partial charge in [-0.1, -0.05) is 35.9 Å². The van der Waals surface area contributed by atoms with E-state index < -0.39 is 0 Å². The predicted molar refractivity (Wildman–Crippen MR) is 92.5 cm³/mol. The van der Waals surface area contributed by atoms with Crippen LogP contribution in [0, 0.1) is 6.92 Å². The van der Waals surface area contributed by atoms with Crippen molar-refractivity contribution in [2.24, 2.45) is 0 Å². The van der Waals surface area contributed by atoms with E-state index in [2.05, 4.69) is 36.4 Å². The number of aromatic nitrogens is 2. The van der Waals surface area contributed by atoms with E-state index in [1.165, 1.54) is 0 Å². The van der Waals surface area contributed by atoms with Crippen molar-refractivity contribution in [2.45, 2.75) is 33.4 Å². The molecule has 3 rings (SSSR count). The minimum atomic E-state index is -0.0758. The number of benzene rings is 2. The van der Waals surface area contributed by atoms with E-state index in [0.717, 1.165) is 22.2 Å². The zero-order valence-electron chi connectivity index (χ0n) is 13.7. The summed E-state index contributed by atoms with van der Waals surface area (Å²) < 4.78 is 2.00. The molecule has 1 N–H and O–H groups in total. The summed E-state index contributed by atoms with van der Waals surface area (Å²) in [6.45, 7) is 6.64. The van der Waals surface area contributed by atoms with E-state index in [9.17, 15) is 4.79 Å². The molecule has 0 radical (unpaired) electrons. The Labute approximate surface area is 136 Å². The van der Waals surface area contributed by atoms with Crippen LogP contribution in [-0.2, 0) is 6.54 Å². The normalized spacial score (nSPS) is 11.1. The summed E-state index contributed by atoms with van der Waals surface area (Å²) in [5, 5.41) is 8.72. The smallest absolute Gasteiger partial charge is 0.251 e. The van der Waals surface area contributed by atoms with E-state index in [1.807, 2.05) is 48.0 Å². The Hall–Kier alpha value is -2.62. The number of para-hydroxylation sites is 1. The Bertz CT molecular complexity index is 831. The van der Waals surface area contributed by atoms with Gasteiger partial charge in [0.2, 0.25) is 0 Å². The van der Waals surface area contributed by atoms with Crippen molar-refractivity contribution >= 4 is 16.8 Å². The van der Waals surface area contributed by atoms with Crippen molar-refractivity contribution in [2.75, 3.05) is 0 Å². The second-order valence-electron chi connectivity index (χ2n) is 6.05. The quantitative estimate of drug-likeness (QED) is 0.795. The molecule has 1 amide bonds. The fraction of sp³-hybridized carbons (Fsp3) is 0.263. The van der Waals surface area contributed by atoms with Crippen molar-refractivity contribution in [1.82, 2.24) is 15.1 Å². The molecule has 0 aliphatic rings. The number of carbonyl (C=O) groups is 1. The molecule has 0 aliphatic heterocycles. The molecule has 3 aromatic rings. The van der Waals surface area contributed by atoms with Crippen LogP contribution in [0.1, 0.15) is 41.5 Å². The SMILES string of the molecule is Cc1ccc(C(=O)NCc2nn(C(C)C)c3ccccc23)cc1. The molecule has 4 heteroatoms. The number of fused-ring (bicyclic) bond motifs is 1. The fourth-order valence-electron chi connectivity index (χ4n) is 2.65. The standard InChI is InChI=1S/C19H21N3O/c1-13(2)22-18-7-5-4-6-16(18)17(21-22)12-20-19(23)15-10-8-14(3)9-11-15/h4-11,13H,12H2,1-3H3,(H,20,23). The minimum absolute atomic E-state index is 0.0758. The molecule has 1 aromatic heterocycles. The fourth-order valence-corrected chi connectivity index (χ4v) is 2.65. The molecule has 1 heterocycles. The third kappa shape index (κ3) is 3.11. The van der Waals surface area contributed by atoms with Gasteiger partial charge in [0.05, 0.1) is 17.8 Å². The van der Waals surface area contributed by atoms with E-state index in [4.69, 9.17) is 0 Å². The van der Waals surface area contributed by atoms with Gasteiger partial charge in [-0.2, -0.15) is 5.10 Å². The van der Waals surface area contributed by atoms with Crippen LogP contribution in [0.2, 0.25) is 0 Å². The van der Waals surface area contributed by atoms with E-state index in [-0.39, 0.29) is 11.9 Å². The molecule has 0 saturated carbocycles. The van der Waals surface area contributed by atoms with Gasteiger partial charge < -0.3 is 5.32 Å². The largest absolute Gasteiger partial charge is 0.346 e. The van der Waals surface area contributed by atoms with Crippen molar-refractivity contribution in [3.8, 4) is 0 Å². The van der Waals surface area contributed by atoms with Gasteiger partial charge in [-0.15, -0.1) is 0 Å². The van der Waals surface area contributed by atoms with Crippen LogP contribution >= 0.6 is 0 Å². The van der Waals surface area contributed by atoms with Crippen LogP contribution < -0.4 is 5.32 Å². The summed E-state index contributed by atoms with van der Waals surface area (Å²) in [5.41, 5.74) is 3.81. The highest BCUT2D eigenvalue weighted by molar-refractivity contribution is 5.94. The number of hydrogen-bond donors (Lipinski definition) is 1. The van der Waals surface area contributed by atoms with Gasteiger partial charge in [0.25, 0.3) is 5.91 Å². The second-order valence-corrected chi connectivity index (χ2v) is 6.05. The molecule has 2 aromatic carbocycles. The number of rotatable bonds is 4. The van der Waals surface area contributed by atoms with Gasteiger partial charge in [-0.3, -0.25) is 9.48 Å². The van der Waals surface area contributed by atoms with Crippen LogP contribution in [0.25, 0.3) is 10.9 Å². The number of aryl methyl sites for hydroxylation is 1. The van der Waals surface area contributed by atoms with Crippen molar-refractivity contribution in [3.63, 3.8) is 0 Å². The molecule has 23 heavy (non-hydrogen) atoms. The monoisotopic (exact) mass is 307 g/mol. The Morgan fingerprint density at radius 1 is 1.13 bits per heavy atom. The maximum absolute atomic E-state index is 12.3. The summed E-state index contributed by atoms with van der Waals surface area (Å²) in [7, 11) is 0. The van der Waals surface area contributed by atoms with E-state index in [0.29, 0.717) is 12.1 Å². The maximum Gasteiger partial charge on any atom is 0.251 e. The molecule has 0 spiro atoms. The highest BCUT2D eigenvalue weighted by atomic mass is 16.1. The average Bonchev–Trinajstić information content (AvgIpc) is 2.92. The van der Waals surface area contributed by atoms with Gasteiger partial charge in [0, 0.05) is 17.0 Å². The summed E-state index contributed by atoms with van der Waals surface area (Å²) in [6, 6.07) is 16.0. The predicted octanol–water partition coefficient (Wildman–Crippen LogP) is 3.86. The van der Waals surface area contributed by atoms with Crippen molar-refractivity contribution in [3.05, 3.63) is 65.4 Å². The zero-order chi connectivity index (χ0) is 16.4. The average molecular weight is 307 g/mol. The molecule has 4 nitrogen and oxygen atoms in total. The number of nitrogens with zero attached hydrogens (tertiary/aromatic N) is 2. The number of hydrogen-bond acceptors (Lipinski definition) is 2. The summed E-state index contributed by atoms with van der Waals surface area (Å²) in [4.78, 5) is 12.3. The molecule has 0 fully saturated rings. The third-order valence-corrected chi connectivity index (χ3v) is 3.91. The van der Waals surface area contributed by atoms with Crippen LogP contribution in [0.4, 0.5) is 0 Å². The van der Waals surface area contributed by atoms with Crippen LogP contribution in [-0.4, -0.2) is 15.7 Å². The Morgan fingerprint density at radius 2 is 1.83 bits per heavy atom. The first-order valence-corrected chi connectivity index (χ1v) is 7.87. The Balaban J connectivity index is 1.82. The number of nitrogens with one attached hydrogen (secondary N) is 1. The molecule has 0 aliphatic carbocycles. The zero-order valence-corrected chi connectivity index (χ0v) is 13.7. The lowest BCUT2D eigenvalue weighted by Crippen LogP contribution is -2.23. The molecule has 0 saturated heterocycles. The first-order chi connectivity index (χ1) is 11.1. The Morgan fingerprint density at radius 3 is 2.52 bits per heavy atom. The molecule has 118 valence electrons. The van der Waals surface area contributed by atoms with Crippen LogP contribution in [0.3, 0.4) is 0 Å². The van der Waals surface area contributed by atoms with Gasteiger partial charge in [-0.05, 0) is 39.0 Å². The second kappa shape index (κ2) is 6.24. The van der Waals surface area contributed by atoms with Gasteiger partial charge in [-0.25, -0.2) is 0 Å². The van der Waals surface area contributed by atoms with E-state index in [1.54, 1.807) is 0 Å². The van der Waals surface area contributed by atoms with Gasteiger partial charge in [0.15, 0.2) is 0 Å².